The lowest BCUT2D eigenvalue weighted by Crippen LogP contribution is -2.55. The van der Waals surface area contributed by atoms with Crippen LogP contribution in [0.4, 0.5) is 11.4 Å². The minimum absolute atomic E-state index is 0.789. The van der Waals surface area contributed by atoms with Crippen molar-refractivity contribution in [2.75, 3.05) is 42.9 Å². The molecule has 2 saturated heterocycles. The summed E-state index contributed by atoms with van der Waals surface area (Å²) in [5, 5.41) is 3.65. The summed E-state index contributed by atoms with van der Waals surface area (Å²) in [7, 11) is 0. The van der Waals surface area contributed by atoms with Gasteiger partial charge >= 0.3 is 0 Å². The lowest BCUT2D eigenvalue weighted by molar-refractivity contribution is 0.133. The van der Waals surface area contributed by atoms with Crippen LogP contribution in [0.15, 0.2) is 18.2 Å². The molecule has 3 nitrogen and oxygen atoms in total. The third-order valence-corrected chi connectivity index (χ3v) is 5.23. The van der Waals surface area contributed by atoms with Gasteiger partial charge in [-0.3, -0.25) is 4.90 Å². The molecule has 0 spiro atoms. The highest BCUT2D eigenvalue weighted by atomic mass is 15.3. The minimum atomic E-state index is 0.789. The predicted molar refractivity (Wildman–Crippen MR) is 84.7 cm³/mol. The molecular weight excluding hydrogens is 246 g/mol. The summed E-state index contributed by atoms with van der Waals surface area (Å²) in [6.45, 7) is 6.11. The first-order valence-corrected chi connectivity index (χ1v) is 8.26. The number of nitrogens with zero attached hydrogens (tertiary/aromatic N) is 2. The number of para-hydroxylation sites is 1. The topological polar surface area (TPSA) is 18.5 Å². The molecule has 2 fully saturated rings. The third kappa shape index (κ3) is 2.18. The smallest absolute Gasteiger partial charge is 0.0610 e. The molecule has 4 rings (SSSR count). The summed E-state index contributed by atoms with van der Waals surface area (Å²) in [4.78, 5) is 5.34. The maximum atomic E-state index is 3.65. The largest absolute Gasteiger partial charge is 0.383 e. The number of rotatable bonds is 1. The maximum Gasteiger partial charge on any atom is 0.0610 e. The van der Waals surface area contributed by atoms with E-state index in [0.717, 1.165) is 12.6 Å². The molecule has 1 N–H and O–H groups in total. The molecule has 3 heteroatoms. The fourth-order valence-corrected chi connectivity index (χ4v) is 4.13. The Labute approximate surface area is 121 Å². The second-order valence-corrected chi connectivity index (χ2v) is 6.47. The molecule has 3 aliphatic heterocycles. The number of aryl methyl sites for hydroxylation is 1. The fourth-order valence-electron chi connectivity index (χ4n) is 4.13. The molecule has 0 saturated carbocycles. The van der Waals surface area contributed by atoms with Crippen LogP contribution >= 0.6 is 0 Å². The minimum Gasteiger partial charge on any atom is -0.383 e. The molecular formula is C17H25N3. The summed E-state index contributed by atoms with van der Waals surface area (Å²) in [5.41, 5.74) is 4.38. The van der Waals surface area contributed by atoms with Crippen LogP contribution in [-0.4, -0.2) is 43.7 Å². The van der Waals surface area contributed by atoms with Crippen LogP contribution in [0.2, 0.25) is 0 Å². The molecule has 0 aliphatic carbocycles. The molecule has 108 valence electrons. The molecule has 3 aliphatic rings. The first-order valence-electron chi connectivity index (χ1n) is 8.26. The van der Waals surface area contributed by atoms with E-state index in [0.29, 0.717) is 0 Å². The Morgan fingerprint density at radius 2 is 2.05 bits per heavy atom. The zero-order valence-corrected chi connectivity index (χ0v) is 12.3. The first-order chi connectivity index (χ1) is 9.92. The number of benzene rings is 1. The van der Waals surface area contributed by atoms with Crippen molar-refractivity contribution in [2.24, 2.45) is 0 Å². The van der Waals surface area contributed by atoms with E-state index in [2.05, 4.69) is 33.3 Å². The molecule has 1 unspecified atom stereocenters. The summed E-state index contributed by atoms with van der Waals surface area (Å²) < 4.78 is 0. The Morgan fingerprint density at radius 1 is 1.05 bits per heavy atom. The Balaban J connectivity index is 1.58. The summed E-state index contributed by atoms with van der Waals surface area (Å²) in [5.74, 6) is 0. The van der Waals surface area contributed by atoms with Gasteiger partial charge < -0.3 is 10.2 Å². The Kier molecular flexibility index (Phi) is 3.31. The average Bonchev–Trinajstić information content (AvgIpc) is 2.54. The second-order valence-electron chi connectivity index (χ2n) is 6.47. The van der Waals surface area contributed by atoms with Crippen molar-refractivity contribution in [1.82, 2.24) is 4.90 Å². The van der Waals surface area contributed by atoms with Crippen molar-refractivity contribution in [3.8, 4) is 0 Å². The van der Waals surface area contributed by atoms with E-state index in [-0.39, 0.29) is 0 Å². The summed E-state index contributed by atoms with van der Waals surface area (Å²) >= 11 is 0. The van der Waals surface area contributed by atoms with E-state index in [9.17, 15) is 0 Å². The lowest BCUT2D eigenvalue weighted by atomic mass is 9.97. The van der Waals surface area contributed by atoms with Crippen molar-refractivity contribution in [3.05, 3.63) is 23.8 Å². The van der Waals surface area contributed by atoms with Gasteiger partial charge in [-0.1, -0.05) is 18.6 Å². The van der Waals surface area contributed by atoms with E-state index in [1.807, 2.05) is 0 Å². The number of hydrogen-bond donors (Lipinski definition) is 1. The predicted octanol–water partition coefficient (Wildman–Crippen LogP) is 2.72. The van der Waals surface area contributed by atoms with Crippen LogP contribution in [0, 0.1) is 0 Å². The molecule has 1 aromatic carbocycles. The number of piperazine rings is 1. The van der Waals surface area contributed by atoms with Crippen molar-refractivity contribution in [3.63, 3.8) is 0 Å². The van der Waals surface area contributed by atoms with E-state index >= 15 is 0 Å². The van der Waals surface area contributed by atoms with Gasteiger partial charge in [0.15, 0.2) is 0 Å². The highest BCUT2D eigenvalue weighted by Crippen LogP contribution is 2.35. The molecule has 0 radical (unpaired) electrons. The zero-order chi connectivity index (χ0) is 13.4. The zero-order valence-electron chi connectivity index (χ0n) is 12.3. The van der Waals surface area contributed by atoms with Crippen LogP contribution in [0.3, 0.4) is 0 Å². The molecule has 1 aromatic rings. The van der Waals surface area contributed by atoms with Crippen molar-refractivity contribution >= 4 is 11.4 Å². The molecule has 0 amide bonds. The van der Waals surface area contributed by atoms with Gasteiger partial charge in [0.25, 0.3) is 0 Å². The van der Waals surface area contributed by atoms with Crippen LogP contribution in [0.1, 0.15) is 31.2 Å². The van der Waals surface area contributed by atoms with E-state index in [4.69, 9.17) is 0 Å². The first kappa shape index (κ1) is 12.5. The monoisotopic (exact) mass is 271 g/mol. The van der Waals surface area contributed by atoms with Gasteiger partial charge in [-0.2, -0.15) is 0 Å². The molecule has 20 heavy (non-hydrogen) atoms. The molecule has 0 aromatic heterocycles. The summed E-state index contributed by atoms with van der Waals surface area (Å²) in [6, 6.07) is 7.64. The molecule has 0 bridgehead atoms. The van der Waals surface area contributed by atoms with Gasteiger partial charge in [0.05, 0.1) is 11.4 Å². The van der Waals surface area contributed by atoms with E-state index in [1.54, 1.807) is 0 Å². The van der Waals surface area contributed by atoms with Crippen molar-refractivity contribution in [1.29, 1.82) is 0 Å². The number of hydrogen-bond acceptors (Lipinski definition) is 3. The molecule has 1 atom stereocenters. The second kappa shape index (κ2) is 5.28. The third-order valence-electron chi connectivity index (χ3n) is 5.23. The van der Waals surface area contributed by atoms with Crippen LogP contribution in [-0.2, 0) is 6.42 Å². The quantitative estimate of drug-likeness (QED) is 0.847. The lowest BCUT2D eigenvalue weighted by Gasteiger charge is -2.45. The Bertz CT molecular complexity index is 485. The van der Waals surface area contributed by atoms with Gasteiger partial charge in [-0.05, 0) is 43.9 Å². The summed E-state index contributed by atoms with van der Waals surface area (Å²) in [6.07, 6.45) is 6.71. The number of piperidine rings is 1. The average molecular weight is 271 g/mol. The van der Waals surface area contributed by atoms with Crippen molar-refractivity contribution in [2.45, 2.75) is 38.1 Å². The number of anilines is 2. The van der Waals surface area contributed by atoms with Gasteiger partial charge in [0.2, 0.25) is 0 Å². The Hall–Kier alpha value is -1.22. The molecule has 3 heterocycles. The number of nitrogens with one attached hydrogen (secondary N) is 1. The highest BCUT2D eigenvalue weighted by Gasteiger charge is 2.30. The highest BCUT2D eigenvalue weighted by molar-refractivity contribution is 5.74. The normalized spacial score (nSPS) is 26.6. The van der Waals surface area contributed by atoms with E-state index in [1.165, 1.54) is 75.2 Å². The number of fused-ring (bicyclic) bond motifs is 2. The van der Waals surface area contributed by atoms with Gasteiger partial charge in [0, 0.05) is 32.2 Å². The van der Waals surface area contributed by atoms with Gasteiger partial charge in [-0.25, -0.2) is 0 Å². The van der Waals surface area contributed by atoms with E-state index < -0.39 is 0 Å². The van der Waals surface area contributed by atoms with Gasteiger partial charge in [-0.15, -0.1) is 0 Å². The van der Waals surface area contributed by atoms with Crippen molar-refractivity contribution < 1.29 is 0 Å². The van der Waals surface area contributed by atoms with Crippen LogP contribution in [0.25, 0.3) is 0 Å². The Morgan fingerprint density at radius 3 is 3.05 bits per heavy atom. The standard InChI is InChI=1S/C17H25N3/c1-2-10-19-11-12-20(13-15(19)7-1)16-8-3-5-14-6-4-9-18-17(14)16/h3,5,8,15,18H,1-2,4,6-7,9-13H2. The maximum absolute atomic E-state index is 3.65. The van der Waals surface area contributed by atoms with Crippen LogP contribution in [0.5, 0.6) is 0 Å². The van der Waals surface area contributed by atoms with Gasteiger partial charge in [0.1, 0.15) is 0 Å². The fraction of sp³-hybridized carbons (Fsp3) is 0.647. The SMILES string of the molecule is c1cc2c(c(N3CCN4CCCCC4C3)c1)NCCC2. The van der Waals surface area contributed by atoms with Crippen LogP contribution < -0.4 is 10.2 Å².